The van der Waals surface area contributed by atoms with Gasteiger partial charge in [-0.2, -0.15) is 0 Å². The number of phenolic OH excluding ortho intramolecular Hbond substituents is 1. The molecule has 0 aliphatic heterocycles. The number of ether oxygens (including phenoxy) is 2. The molecular weight excluding hydrogens is 424 g/mol. The van der Waals surface area contributed by atoms with Crippen LogP contribution in [0.2, 0.25) is 0 Å². The molecule has 0 heterocycles. The van der Waals surface area contributed by atoms with Gasteiger partial charge in [0.25, 0.3) is 0 Å². The standard InChI is InChI=1S/C20H28N4O8/c1-11(23-19(29)14(21)8-12-4-6-13(25)7-5-12)18(28)22-10-16(26)24-15(20(30)32-3)9-17(27)31-2/h4-7,11,14-15,25H,8-10,21H2,1-3H3,(H,22,28)(H,23,29)(H,24,26)/t11-,14+,15-/m0/s1. The molecule has 0 radical (unpaired) electrons. The summed E-state index contributed by atoms with van der Waals surface area (Å²) in [6, 6.07) is 2.99. The average molecular weight is 452 g/mol. The van der Waals surface area contributed by atoms with Gasteiger partial charge in [-0.3, -0.25) is 19.2 Å². The predicted molar refractivity (Wildman–Crippen MR) is 111 cm³/mol. The van der Waals surface area contributed by atoms with Crippen molar-refractivity contribution in [1.82, 2.24) is 16.0 Å². The summed E-state index contributed by atoms with van der Waals surface area (Å²) in [5.41, 5.74) is 6.58. The molecule has 0 saturated carbocycles. The molecule has 1 rings (SSSR count). The quantitative estimate of drug-likeness (QED) is 0.239. The van der Waals surface area contributed by atoms with Crippen LogP contribution in [0.1, 0.15) is 18.9 Å². The SMILES string of the molecule is COC(=O)C[C@H](NC(=O)CNC(=O)[C@H](C)NC(=O)[C@H](N)Cc1ccc(O)cc1)C(=O)OC. The number of hydrogen-bond acceptors (Lipinski definition) is 9. The third kappa shape index (κ3) is 9.00. The number of hydrogen-bond donors (Lipinski definition) is 5. The maximum Gasteiger partial charge on any atom is 0.328 e. The monoisotopic (exact) mass is 452 g/mol. The Bertz CT molecular complexity index is 827. The third-order valence-corrected chi connectivity index (χ3v) is 4.32. The minimum atomic E-state index is -1.27. The van der Waals surface area contributed by atoms with E-state index >= 15 is 0 Å². The molecular formula is C20H28N4O8. The molecule has 0 unspecified atom stereocenters. The molecule has 0 aliphatic carbocycles. The normalized spacial score (nSPS) is 13.1. The van der Waals surface area contributed by atoms with Crippen LogP contribution in [0.15, 0.2) is 24.3 Å². The Morgan fingerprint density at radius 3 is 2.19 bits per heavy atom. The number of aromatic hydroxyl groups is 1. The zero-order chi connectivity index (χ0) is 24.3. The van der Waals surface area contributed by atoms with E-state index in [0.29, 0.717) is 0 Å². The predicted octanol–water partition coefficient (Wildman–Crippen LogP) is -1.90. The number of methoxy groups -OCH3 is 2. The highest BCUT2D eigenvalue weighted by molar-refractivity contribution is 5.93. The van der Waals surface area contributed by atoms with Crippen LogP contribution >= 0.6 is 0 Å². The first-order chi connectivity index (χ1) is 15.1. The van der Waals surface area contributed by atoms with Gasteiger partial charge in [0.15, 0.2) is 0 Å². The lowest BCUT2D eigenvalue weighted by Gasteiger charge is -2.18. The van der Waals surface area contributed by atoms with Crippen molar-refractivity contribution in [3.8, 4) is 5.75 Å². The number of carbonyl (C=O) groups excluding carboxylic acids is 5. The number of nitrogens with one attached hydrogen (secondary N) is 3. The van der Waals surface area contributed by atoms with Crippen molar-refractivity contribution in [3.05, 3.63) is 29.8 Å². The summed E-state index contributed by atoms with van der Waals surface area (Å²) in [5, 5.41) is 16.3. The van der Waals surface area contributed by atoms with E-state index in [1.165, 1.54) is 19.1 Å². The Labute approximate surface area is 184 Å². The second-order valence-corrected chi connectivity index (χ2v) is 6.85. The Balaban J connectivity index is 2.50. The van der Waals surface area contributed by atoms with Gasteiger partial charge >= 0.3 is 11.9 Å². The smallest absolute Gasteiger partial charge is 0.328 e. The fourth-order valence-electron chi connectivity index (χ4n) is 2.52. The number of amides is 3. The maximum atomic E-state index is 12.2. The van der Waals surface area contributed by atoms with Crippen LogP contribution in [0, 0.1) is 0 Å². The molecule has 0 bridgehead atoms. The first-order valence-corrected chi connectivity index (χ1v) is 9.63. The summed E-state index contributed by atoms with van der Waals surface area (Å²) in [6.45, 7) is 0.903. The van der Waals surface area contributed by atoms with E-state index in [9.17, 15) is 29.1 Å². The van der Waals surface area contributed by atoms with Crippen molar-refractivity contribution >= 4 is 29.7 Å². The van der Waals surface area contributed by atoms with Gasteiger partial charge < -0.3 is 36.3 Å². The molecule has 3 atom stereocenters. The summed E-state index contributed by atoms with van der Waals surface area (Å²) in [7, 11) is 2.22. The summed E-state index contributed by atoms with van der Waals surface area (Å²) in [5.74, 6) is -3.48. The molecule has 0 spiro atoms. The molecule has 176 valence electrons. The third-order valence-electron chi connectivity index (χ3n) is 4.32. The largest absolute Gasteiger partial charge is 0.508 e. The van der Waals surface area contributed by atoms with Gasteiger partial charge in [0.05, 0.1) is 33.2 Å². The highest BCUT2D eigenvalue weighted by Gasteiger charge is 2.26. The molecule has 0 saturated heterocycles. The second kappa shape index (κ2) is 12.9. The molecule has 6 N–H and O–H groups in total. The van der Waals surface area contributed by atoms with Crippen LogP contribution in [0.25, 0.3) is 0 Å². The van der Waals surface area contributed by atoms with Crippen LogP contribution in [-0.2, 0) is 39.9 Å². The highest BCUT2D eigenvalue weighted by Crippen LogP contribution is 2.11. The molecule has 0 aromatic heterocycles. The topological polar surface area (TPSA) is 186 Å². The van der Waals surface area contributed by atoms with E-state index < -0.39 is 60.8 Å². The number of nitrogens with two attached hydrogens (primary N) is 1. The molecule has 3 amide bonds. The number of phenols is 1. The number of esters is 2. The lowest BCUT2D eigenvalue weighted by molar-refractivity contribution is -0.150. The van der Waals surface area contributed by atoms with Crippen LogP contribution in [0.3, 0.4) is 0 Å². The van der Waals surface area contributed by atoms with E-state index in [2.05, 4.69) is 25.4 Å². The number of benzene rings is 1. The molecule has 32 heavy (non-hydrogen) atoms. The maximum absolute atomic E-state index is 12.2. The second-order valence-electron chi connectivity index (χ2n) is 6.85. The molecule has 0 aliphatic rings. The van der Waals surface area contributed by atoms with Crippen LogP contribution in [-0.4, -0.2) is 73.7 Å². The van der Waals surface area contributed by atoms with E-state index in [1.54, 1.807) is 12.1 Å². The van der Waals surface area contributed by atoms with Gasteiger partial charge in [-0.05, 0) is 31.0 Å². The van der Waals surface area contributed by atoms with Crippen LogP contribution < -0.4 is 21.7 Å². The molecule has 1 aromatic rings. The van der Waals surface area contributed by atoms with Gasteiger partial charge in [-0.1, -0.05) is 12.1 Å². The van der Waals surface area contributed by atoms with Gasteiger partial charge in [-0.15, -0.1) is 0 Å². The summed E-state index contributed by atoms with van der Waals surface area (Å²) >= 11 is 0. The molecule has 1 aromatic carbocycles. The Hall–Kier alpha value is -3.67. The Kier molecular flexibility index (Phi) is 10.6. The van der Waals surface area contributed by atoms with Crippen molar-refractivity contribution in [2.24, 2.45) is 5.73 Å². The van der Waals surface area contributed by atoms with Gasteiger partial charge in [0, 0.05) is 0 Å². The Morgan fingerprint density at radius 1 is 1.00 bits per heavy atom. The van der Waals surface area contributed by atoms with E-state index in [4.69, 9.17) is 5.73 Å². The van der Waals surface area contributed by atoms with Crippen molar-refractivity contribution in [1.29, 1.82) is 0 Å². The summed E-state index contributed by atoms with van der Waals surface area (Å²) < 4.78 is 8.97. The van der Waals surface area contributed by atoms with Crippen molar-refractivity contribution in [2.75, 3.05) is 20.8 Å². The zero-order valence-electron chi connectivity index (χ0n) is 18.0. The first-order valence-electron chi connectivity index (χ1n) is 9.63. The fourth-order valence-corrected chi connectivity index (χ4v) is 2.52. The van der Waals surface area contributed by atoms with Crippen molar-refractivity contribution < 1.29 is 38.6 Å². The summed E-state index contributed by atoms with van der Waals surface area (Å²) in [6.07, 6.45) is -0.244. The lowest BCUT2D eigenvalue weighted by Crippen LogP contribution is -2.53. The summed E-state index contributed by atoms with van der Waals surface area (Å²) in [4.78, 5) is 59.4. The van der Waals surface area contributed by atoms with E-state index in [0.717, 1.165) is 19.8 Å². The average Bonchev–Trinajstić information content (AvgIpc) is 2.77. The fraction of sp³-hybridized carbons (Fsp3) is 0.450. The molecule has 12 nitrogen and oxygen atoms in total. The number of carbonyl (C=O) groups is 5. The molecule has 12 heteroatoms. The van der Waals surface area contributed by atoms with E-state index in [1.807, 2.05) is 0 Å². The van der Waals surface area contributed by atoms with Gasteiger partial charge in [0.2, 0.25) is 17.7 Å². The van der Waals surface area contributed by atoms with Gasteiger partial charge in [0.1, 0.15) is 17.8 Å². The van der Waals surface area contributed by atoms with Gasteiger partial charge in [-0.25, -0.2) is 4.79 Å². The lowest BCUT2D eigenvalue weighted by atomic mass is 10.1. The van der Waals surface area contributed by atoms with Crippen LogP contribution in [0.5, 0.6) is 5.75 Å². The van der Waals surface area contributed by atoms with E-state index in [-0.39, 0.29) is 12.2 Å². The zero-order valence-corrected chi connectivity index (χ0v) is 18.0. The van der Waals surface area contributed by atoms with Crippen LogP contribution in [0.4, 0.5) is 0 Å². The molecule has 0 fully saturated rings. The van der Waals surface area contributed by atoms with Crippen molar-refractivity contribution in [3.63, 3.8) is 0 Å². The van der Waals surface area contributed by atoms with Crippen molar-refractivity contribution in [2.45, 2.75) is 37.9 Å². The number of rotatable bonds is 11. The highest BCUT2D eigenvalue weighted by atomic mass is 16.5. The Morgan fingerprint density at radius 2 is 1.62 bits per heavy atom. The first kappa shape index (κ1) is 26.4. The minimum Gasteiger partial charge on any atom is -0.508 e. The minimum absolute atomic E-state index is 0.0873.